The second-order valence-electron chi connectivity index (χ2n) is 4.39. The summed E-state index contributed by atoms with van der Waals surface area (Å²) in [5.41, 5.74) is 1.13. The number of rotatable bonds is 2. The first-order valence-electron chi connectivity index (χ1n) is 6.10. The van der Waals surface area contributed by atoms with E-state index >= 15 is 0 Å². The van der Waals surface area contributed by atoms with Crippen LogP contribution in [0.1, 0.15) is 37.3 Å². The Hall–Kier alpha value is -1.33. The highest BCUT2D eigenvalue weighted by atomic mass is 15.1. The molecule has 1 fully saturated rings. The standard InChI is InChI=1S/C14H18N2/c15-12-14(13-8-4-3-5-9-13)16-10-6-1-2-7-11-16/h3-5,8-9,14H,1-2,6-7,10-11H2. The molecule has 2 nitrogen and oxygen atoms in total. The number of benzene rings is 1. The van der Waals surface area contributed by atoms with E-state index in [1.807, 2.05) is 18.2 Å². The lowest BCUT2D eigenvalue weighted by atomic mass is 10.1. The molecule has 1 heterocycles. The van der Waals surface area contributed by atoms with Gasteiger partial charge in [-0.15, -0.1) is 0 Å². The van der Waals surface area contributed by atoms with Gasteiger partial charge in [0, 0.05) is 0 Å². The molecule has 1 atom stereocenters. The average Bonchev–Trinajstić information content (AvgIpc) is 2.61. The van der Waals surface area contributed by atoms with Crippen LogP contribution in [0.4, 0.5) is 0 Å². The van der Waals surface area contributed by atoms with Crippen LogP contribution in [0.5, 0.6) is 0 Å². The quantitative estimate of drug-likeness (QED) is 0.756. The fourth-order valence-corrected chi connectivity index (χ4v) is 2.36. The van der Waals surface area contributed by atoms with Gasteiger partial charge < -0.3 is 0 Å². The van der Waals surface area contributed by atoms with Gasteiger partial charge in [0.05, 0.1) is 6.07 Å². The van der Waals surface area contributed by atoms with Crippen LogP contribution in [0.25, 0.3) is 0 Å². The van der Waals surface area contributed by atoms with Gasteiger partial charge >= 0.3 is 0 Å². The summed E-state index contributed by atoms with van der Waals surface area (Å²) >= 11 is 0. The molecule has 0 aliphatic carbocycles. The summed E-state index contributed by atoms with van der Waals surface area (Å²) in [4.78, 5) is 2.32. The summed E-state index contributed by atoms with van der Waals surface area (Å²) in [7, 11) is 0. The van der Waals surface area contributed by atoms with Crippen molar-refractivity contribution in [2.24, 2.45) is 0 Å². The Morgan fingerprint density at radius 3 is 2.19 bits per heavy atom. The van der Waals surface area contributed by atoms with E-state index in [0.29, 0.717) is 0 Å². The van der Waals surface area contributed by atoms with Crippen LogP contribution in [0.3, 0.4) is 0 Å². The zero-order valence-corrected chi connectivity index (χ0v) is 9.60. The fourth-order valence-electron chi connectivity index (χ4n) is 2.36. The van der Waals surface area contributed by atoms with Gasteiger partial charge in [0.15, 0.2) is 0 Å². The lowest BCUT2D eigenvalue weighted by Crippen LogP contribution is -2.28. The molecule has 0 aromatic heterocycles. The van der Waals surface area contributed by atoms with Gasteiger partial charge in [-0.05, 0) is 31.5 Å². The Bertz CT molecular complexity index is 345. The summed E-state index contributed by atoms with van der Waals surface area (Å²) < 4.78 is 0. The maximum Gasteiger partial charge on any atom is 0.123 e. The molecule has 0 saturated carbocycles. The molecule has 1 aliphatic heterocycles. The lowest BCUT2D eigenvalue weighted by molar-refractivity contribution is 0.246. The van der Waals surface area contributed by atoms with E-state index in [4.69, 9.17) is 0 Å². The van der Waals surface area contributed by atoms with Gasteiger partial charge in [0.2, 0.25) is 0 Å². The molecule has 0 N–H and O–H groups in total. The first-order chi connectivity index (χ1) is 7.92. The molecular formula is C14H18N2. The fraction of sp³-hybridized carbons (Fsp3) is 0.500. The van der Waals surface area contributed by atoms with E-state index in [9.17, 15) is 5.26 Å². The first kappa shape index (κ1) is 11.2. The number of hydrogen-bond acceptors (Lipinski definition) is 2. The zero-order valence-electron chi connectivity index (χ0n) is 9.60. The SMILES string of the molecule is N#CC(c1ccccc1)N1CCCCCC1. The lowest BCUT2D eigenvalue weighted by Gasteiger charge is -2.25. The highest BCUT2D eigenvalue weighted by Crippen LogP contribution is 2.23. The highest BCUT2D eigenvalue weighted by molar-refractivity contribution is 5.24. The van der Waals surface area contributed by atoms with Gasteiger partial charge in [0.1, 0.15) is 6.04 Å². The van der Waals surface area contributed by atoms with Crippen molar-refractivity contribution >= 4 is 0 Å². The molecule has 1 aromatic carbocycles. The second-order valence-corrected chi connectivity index (χ2v) is 4.39. The van der Waals surface area contributed by atoms with Crippen molar-refractivity contribution in [3.8, 4) is 6.07 Å². The maximum absolute atomic E-state index is 9.33. The third-order valence-electron chi connectivity index (χ3n) is 3.24. The monoisotopic (exact) mass is 214 g/mol. The van der Waals surface area contributed by atoms with Crippen LogP contribution < -0.4 is 0 Å². The maximum atomic E-state index is 9.33. The molecule has 1 aromatic rings. The molecule has 16 heavy (non-hydrogen) atoms. The van der Waals surface area contributed by atoms with Crippen molar-refractivity contribution in [2.75, 3.05) is 13.1 Å². The molecule has 2 heteroatoms. The first-order valence-corrected chi connectivity index (χ1v) is 6.10. The predicted octanol–water partition coefficient (Wildman–Crippen LogP) is 3.13. The molecular weight excluding hydrogens is 196 g/mol. The normalized spacial score (nSPS) is 19.7. The molecule has 84 valence electrons. The van der Waals surface area contributed by atoms with Crippen molar-refractivity contribution in [2.45, 2.75) is 31.7 Å². The van der Waals surface area contributed by atoms with E-state index in [1.165, 1.54) is 25.7 Å². The van der Waals surface area contributed by atoms with Crippen molar-refractivity contribution in [3.63, 3.8) is 0 Å². The van der Waals surface area contributed by atoms with Crippen LogP contribution >= 0.6 is 0 Å². The largest absolute Gasteiger partial charge is 0.284 e. The molecule has 1 aliphatic rings. The van der Waals surface area contributed by atoms with Gasteiger partial charge in [-0.3, -0.25) is 4.90 Å². The third-order valence-corrected chi connectivity index (χ3v) is 3.24. The van der Waals surface area contributed by atoms with Gasteiger partial charge in [0.25, 0.3) is 0 Å². The summed E-state index contributed by atoms with van der Waals surface area (Å²) in [6.45, 7) is 2.13. The van der Waals surface area contributed by atoms with Crippen LogP contribution in [0.2, 0.25) is 0 Å². The number of hydrogen-bond donors (Lipinski definition) is 0. The van der Waals surface area contributed by atoms with Crippen LogP contribution in [0.15, 0.2) is 30.3 Å². The summed E-state index contributed by atoms with van der Waals surface area (Å²) in [5, 5.41) is 9.33. The smallest absolute Gasteiger partial charge is 0.123 e. The van der Waals surface area contributed by atoms with Gasteiger partial charge in [-0.1, -0.05) is 43.2 Å². The number of likely N-dealkylation sites (tertiary alicyclic amines) is 1. The van der Waals surface area contributed by atoms with Crippen molar-refractivity contribution in [3.05, 3.63) is 35.9 Å². The van der Waals surface area contributed by atoms with E-state index < -0.39 is 0 Å². The van der Waals surface area contributed by atoms with Crippen molar-refractivity contribution < 1.29 is 0 Å². The molecule has 0 bridgehead atoms. The molecule has 0 spiro atoms. The van der Waals surface area contributed by atoms with E-state index in [0.717, 1.165) is 18.7 Å². The zero-order chi connectivity index (χ0) is 11.2. The average molecular weight is 214 g/mol. The highest BCUT2D eigenvalue weighted by Gasteiger charge is 2.20. The minimum absolute atomic E-state index is 0.0562. The Labute approximate surface area is 97.5 Å². The van der Waals surface area contributed by atoms with Crippen LogP contribution in [-0.2, 0) is 0 Å². The Morgan fingerprint density at radius 1 is 1.00 bits per heavy atom. The predicted molar refractivity (Wildman–Crippen MR) is 64.8 cm³/mol. The van der Waals surface area contributed by atoms with E-state index in [-0.39, 0.29) is 6.04 Å². The summed E-state index contributed by atoms with van der Waals surface area (Å²) in [6.07, 6.45) is 5.07. The van der Waals surface area contributed by atoms with Crippen molar-refractivity contribution in [1.29, 1.82) is 5.26 Å². The van der Waals surface area contributed by atoms with Crippen LogP contribution in [0, 0.1) is 11.3 Å². The second kappa shape index (κ2) is 5.67. The molecule has 0 radical (unpaired) electrons. The molecule has 2 rings (SSSR count). The molecule has 1 unspecified atom stereocenters. The minimum atomic E-state index is -0.0562. The third kappa shape index (κ3) is 2.62. The summed E-state index contributed by atoms with van der Waals surface area (Å²) in [5.74, 6) is 0. The van der Waals surface area contributed by atoms with Gasteiger partial charge in [-0.2, -0.15) is 5.26 Å². The van der Waals surface area contributed by atoms with Crippen LogP contribution in [-0.4, -0.2) is 18.0 Å². The number of nitriles is 1. The summed E-state index contributed by atoms with van der Waals surface area (Å²) in [6, 6.07) is 12.5. The topological polar surface area (TPSA) is 27.0 Å². The molecule has 1 saturated heterocycles. The Kier molecular flexibility index (Phi) is 3.96. The Balaban J connectivity index is 2.13. The van der Waals surface area contributed by atoms with Gasteiger partial charge in [-0.25, -0.2) is 0 Å². The minimum Gasteiger partial charge on any atom is -0.284 e. The van der Waals surface area contributed by atoms with E-state index in [1.54, 1.807) is 0 Å². The molecule has 0 amide bonds. The Morgan fingerprint density at radius 2 is 1.62 bits per heavy atom. The van der Waals surface area contributed by atoms with E-state index in [2.05, 4.69) is 23.1 Å². The number of nitrogens with zero attached hydrogens (tertiary/aromatic N) is 2. The van der Waals surface area contributed by atoms with Crippen molar-refractivity contribution in [1.82, 2.24) is 4.90 Å².